The predicted molar refractivity (Wildman–Crippen MR) is 60.1 cm³/mol. The third-order valence-corrected chi connectivity index (χ3v) is 3.33. The molecule has 0 fully saturated rings. The highest BCUT2D eigenvalue weighted by Gasteiger charge is 2.14. The van der Waals surface area contributed by atoms with Gasteiger partial charge in [-0.3, -0.25) is 9.52 Å². The molecule has 0 unspecified atom stereocenters. The van der Waals surface area contributed by atoms with Gasteiger partial charge in [-0.15, -0.1) is 5.10 Å². The minimum Gasteiger partial charge on any atom is -0.325 e. The normalized spacial score (nSPS) is 11.4. The van der Waals surface area contributed by atoms with Gasteiger partial charge in [0.1, 0.15) is 6.54 Å². The van der Waals surface area contributed by atoms with Crippen LogP contribution in [-0.4, -0.2) is 35.1 Å². The minimum atomic E-state index is -3.54. The zero-order chi connectivity index (χ0) is 12.9. The molecule has 0 radical (unpaired) electrons. The standard InChI is InChI=1S/C8H15N5O3S/c1-2-3-17(15,16)11-8(14)6-13-5-7(4-9)10-12-13/h5H,2-4,6,9H2,1H3,(H,11,14). The molecule has 0 aliphatic heterocycles. The maximum atomic E-state index is 11.4. The molecule has 96 valence electrons. The number of carbonyl (C=O) groups excluding carboxylic acids is 1. The summed E-state index contributed by atoms with van der Waals surface area (Å²) >= 11 is 0. The van der Waals surface area contributed by atoms with Crippen LogP contribution in [0.3, 0.4) is 0 Å². The Morgan fingerprint density at radius 1 is 1.59 bits per heavy atom. The highest BCUT2D eigenvalue weighted by molar-refractivity contribution is 7.90. The molecule has 17 heavy (non-hydrogen) atoms. The molecule has 0 saturated carbocycles. The second kappa shape index (κ2) is 5.73. The molecule has 0 aliphatic rings. The van der Waals surface area contributed by atoms with E-state index in [0.717, 1.165) is 0 Å². The van der Waals surface area contributed by atoms with Crippen molar-refractivity contribution in [2.24, 2.45) is 5.73 Å². The summed E-state index contributed by atoms with van der Waals surface area (Å²) in [6.45, 7) is 1.74. The Bertz CT molecular complexity index is 481. The molecule has 0 bridgehead atoms. The van der Waals surface area contributed by atoms with Crippen LogP contribution in [0.4, 0.5) is 0 Å². The van der Waals surface area contributed by atoms with Gasteiger partial charge in [0.05, 0.1) is 17.6 Å². The van der Waals surface area contributed by atoms with Gasteiger partial charge < -0.3 is 5.73 Å². The number of aromatic nitrogens is 3. The van der Waals surface area contributed by atoms with Crippen molar-refractivity contribution in [3.8, 4) is 0 Å². The van der Waals surface area contributed by atoms with E-state index in [9.17, 15) is 13.2 Å². The van der Waals surface area contributed by atoms with Crippen molar-refractivity contribution in [1.82, 2.24) is 19.7 Å². The summed E-state index contributed by atoms with van der Waals surface area (Å²) in [6, 6.07) is 0. The number of rotatable bonds is 6. The van der Waals surface area contributed by atoms with Crippen LogP contribution in [0.1, 0.15) is 19.0 Å². The Balaban J connectivity index is 2.55. The van der Waals surface area contributed by atoms with E-state index in [-0.39, 0.29) is 18.8 Å². The second-order valence-electron chi connectivity index (χ2n) is 3.46. The summed E-state index contributed by atoms with van der Waals surface area (Å²) in [6.07, 6.45) is 1.94. The maximum absolute atomic E-state index is 11.4. The first-order valence-electron chi connectivity index (χ1n) is 5.09. The van der Waals surface area contributed by atoms with Crippen molar-refractivity contribution >= 4 is 15.9 Å². The van der Waals surface area contributed by atoms with Crippen LogP contribution < -0.4 is 10.5 Å². The molecule has 8 nitrogen and oxygen atoms in total. The highest BCUT2D eigenvalue weighted by Crippen LogP contribution is 1.93. The third-order valence-electron chi connectivity index (χ3n) is 1.84. The number of nitrogens with zero attached hydrogens (tertiary/aromatic N) is 3. The van der Waals surface area contributed by atoms with E-state index < -0.39 is 15.9 Å². The summed E-state index contributed by atoms with van der Waals surface area (Å²) in [5.41, 5.74) is 5.86. The SMILES string of the molecule is CCCS(=O)(=O)NC(=O)Cn1cc(CN)nn1. The van der Waals surface area contributed by atoms with Crippen molar-refractivity contribution < 1.29 is 13.2 Å². The number of carbonyl (C=O) groups is 1. The van der Waals surface area contributed by atoms with Crippen molar-refractivity contribution in [3.05, 3.63) is 11.9 Å². The van der Waals surface area contributed by atoms with Crippen LogP contribution in [-0.2, 0) is 27.9 Å². The summed E-state index contributed by atoms with van der Waals surface area (Å²) in [5.74, 6) is -0.726. The largest absolute Gasteiger partial charge is 0.325 e. The van der Waals surface area contributed by atoms with Crippen molar-refractivity contribution in [1.29, 1.82) is 0 Å². The Morgan fingerprint density at radius 2 is 2.29 bits per heavy atom. The average Bonchev–Trinajstić information content (AvgIpc) is 2.64. The van der Waals surface area contributed by atoms with Gasteiger partial charge in [0.25, 0.3) is 5.91 Å². The van der Waals surface area contributed by atoms with Crippen LogP contribution in [0.2, 0.25) is 0 Å². The number of nitrogens with two attached hydrogens (primary N) is 1. The van der Waals surface area contributed by atoms with E-state index in [4.69, 9.17) is 5.73 Å². The van der Waals surface area contributed by atoms with Crippen molar-refractivity contribution in [3.63, 3.8) is 0 Å². The van der Waals surface area contributed by atoms with E-state index in [2.05, 4.69) is 10.3 Å². The zero-order valence-corrected chi connectivity index (χ0v) is 10.3. The molecule has 3 N–H and O–H groups in total. The minimum absolute atomic E-state index is 0.0792. The van der Waals surface area contributed by atoms with Gasteiger partial charge in [0.15, 0.2) is 0 Å². The molecular weight excluding hydrogens is 246 g/mol. The lowest BCUT2D eigenvalue weighted by molar-refractivity contribution is -0.120. The van der Waals surface area contributed by atoms with Crippen LogP contribution in [0.25, 0.3) is 0 Å². The van der Waals surface area contributed by atoms with E-state index in [1.807, 2.05) is 4.72 Å². The van der Waals surface area contributed by atoms with Crippen molar-refractivity contribution in [2.45, 2.75) is 26.4 Å². The summed E-state index contributed by atoms with van der Waals surface area (Å²) in [5, 5.41) is 7.31. The van der Waals surface area contributed by atoms with Crippen LogP contribution >= 0.6 is 0 Å². The Labute approximate surface area is 99.2 Å². The van der Waals surface area contributed by atoms with E-state index in [1.54, 1.807) is 6.92 Å². The number of sulfonamides is 1. The van der Waals surface area contributed by atoms with Crippen molar-refractivity contribution in [2.75, 3.05) is 5.75 Å². The number of amides is 1. The first kappa shape index (κ1) is 13.6. The van der Waals surface area contributed by atoms with Gasteiger partial charge in [0, 0.05) is 6.54 Å². The third kappa shape index (κ3) is 4.49. The maximum Gasteiger partial charge on any atom is 0.255 e. The molecule has 0 spiro atoms. The Kier molecular flexibility index (Phi) is 4.58. The fourth-order valence-corrected chi connectivity index (χ4v) is 2.23. The molecule has 1 amide bonds. The lowest BCUT2D eigenvalue weighted by Gasteiger charge is -2.04. The molecular formula is C8H15N5O3S. The lowest BCUT2D eigenvalue weighted by Crippen LogP contribution is -2.35. The molecule has 1 rings (SSSR count). The van der Waals surface area contributed by atoms with Gasteiger partial charge in [-0.2, -0.15) is 0 Å². The van der Waals surface area contributed by atoms with Crippen LogP contribution in [0.5, 0.6) is 0 Å². The lowest BCUT2D eigenvalue weighted by atomic mass is 10.5. The molecule has 0 aliphatic carbocycles. The molecule has 0 aromatic carbocycles. The Hall–Kier alpha value is -1.48. The van der Waals surface area contributed by atoms with E-state index >= 15 is 0 Å². The predicted octanol–water partition coefficient (Wildman–Crippen LogP) is -1.41. The molecule has 1 heterocycles. The smallest absolute Gasteiger partial charge is 0.255 e. The summed E-state index contributed by atoms with van der Waals surface area (Å²) in [7, 11) is -3.54. The molecule has 1 aromatic heterocycles. The monoisotopic (exact) mass is 261 g/mol. The summed E-state index contributed by atoms with van der Waals surface area (Å²) < 4.78 is 25.8. The van der Waals surface area contributed by atoms with E-state index in [0.29, 0.717) is 12.1 Å². The first-order valence-corrected chi connectivity index (χ1v) is 6.74. The van der Waals surface area contributed by atoms with Gasteiger partial charge in [-0.25, -0.2) is 13.1 Å². The quantitative estimate of drug-likeness (QED) is 0.649. The molecule has 9 heteroatoms. The number of hydrogen-bond donors (Lipinski definition) is 2. The fourth-order valence-electron chi connectivity index (χ4n) is 1.18. The van der Waals surface area contributed by atoms with Crippen LogP contribution in [0, 0.1) is 0 Å². The Morgan fingerprint density at radius 3 is 2.82 bits per heavy atom. The molecule has 1 aromatic rings. The topological polar surface area (TPSA) is 120 Å². The number of hydrogen-bond acceptors (Lipinski definition) is 6. The fraction of sp³-hybridized carbons (Fsp3) is 0.625. The first-order chi connectivity index (χ1) is 7.96. The number of nitrogens with one attached hydrogen (secondary N) is 1. The van der Waals surface area contributed by atoms with Gasteiger partial charge in [-0.1, -0.05) is 12.1 Å². The second-order valence-corrected chi connectivity index (χ2v) is 5.30. The molecule has 0 saturated heterocycles. The zero-order valence-electron chi connectivity index (χ0n) is 9.46. The van der Waals surface area contributed by atoms with E-state index in [1.165, 1.54) is 10.9 Å². The summed E-state index contributed by atoms with van der Waals surface area (Å²) in [4.78, 5) is 11.4. The molecule has 0 atom stereocenters. The average molecular weight is 261 g/mol. The van der Waals surface area contributed by atoms with Gasteiger partial charge >= 0.3 is 0 Å². The highest BCUT2D eigenvalue weighted by atomic mass is 32.2. The van der Waals surface area contributed by atoms with Gasteiger partial charge in [-0.05, 0) is 6.42 Å². The van der Waals surface area contributed by atoms with Gasteiger partial charge in [0.2, 0.25) is 10.0 Å². The van der Waals surface area contributed by atoms with Crippen LogP contribution in [0.15, 0.2) is 6.20 Å².